The van der Waals surface area contributed by atoms with Gasteiger partial charge >= 0.3 is 0 Å². The standard InChI is InChI=1S/C20H22N6/c1-2-5-19(18(4-1)12-24-20-22-10-3-11-23-20)17-8-6-16(7-9-17)13-26-15-21-14-25-26/h1-2,4-9,14-15H,3,10-13H2,(H2,22,23,24). The molecule has 6 nitrogen and oxygen atoms in total. The van der Waals surface area contributed by atoms with Gasteiger partial charge in [0.2, 0.25) is 0 Å². The summed E-state index contributed by atoms with van der Waals surface area (Å²) in [5.41, 5.74) is 4.91. The summed E-state index contributed by atoms with van der Waals surface area (Å²) < 4.78 is 1.82. The molecule has 0 radical (unpaired) electrons. The highest BCUT2D eigenvalue weighted by molar-refractivity contribution is 5.80. The van der Waals surface area contributed by atoms with Gasteiger partial charge in [-0.1, -0.05) is 48.5 Å². The number of aliphatic imine (C=N–C) groups is 1. The van der Waals surface area contributed by atoms with Crippen LogP contribution < -0.4 is 10.6 Å². The van der Waals surface area contributed by atoms with Gasteiger partial charge < -0.3 is 10.6 Å². The molecular weight excluding hydrogens is 324 g/mol. The van der Waals surface area contributed by atoms with E-state index in [0.29, 0.717) is 0 Å². The summed E-state index contributed by atoms with van der Waals surface area (Å²) in [5, 5.41) is 10.9. The number of rotatable bonds is 5. The molecular formula is C20H22N6. The topological polar surface area (TPSA) is 67.1 Å². The van der Waals surface area contributed by atoms with Crippen LogP contribution in [0, 0.1) is 0 Å². The molecule has 0 atom stereocenters. The van der Waals surface area contributed by atoms with Crippen LogP contribution in [0.5, 0.6) is 0 Å². The zero-order chi connectivity index (χ0) is 17.6. The van der Waals surface area contributed by atoms with Crippen molar-refractivity contribution in [2.75, 3.05) is 13.1 Å². The van der Waals surface area contributed by atoms with E-state index in [-0.39, 0.29) is 0 Å². The second-order valence-electron chi connectivity index (χ2n) is 6.31. The lowest BCUT2D eigenvalue weighted by molar-refractivity contribution is 0.685. The molecule has 1 aliphatic rings. The van der Waals surface area contributed by atoms with Gasteiger partial charge in [0.05, 0.1) is 6.54 Å². The molecule has 0 fully saturated rings. The highest BCUT2D eigenvalue weighted by Gasteiger charge is 2.07. The molecule has 0 saturated heterocycles. The van der Waals surface area contributed by atoms with Crippen LogP contribution in [0.4, 0.5) is 0 Å². The molecule has 0 bridgehead atoms. The van der Waals surface area contributed by atoms with Crippen molar-refractivity contribution in [3.05, 3.63) is 72.3 Å². The maximum atomic E-state index is 4.48. The molecule has 0 spiro atoms. The Labute approximate surface area is 153 Å². The molecule has 132 valence electrons. The summed E-state index contributed by atoms with van der Waals surface area (Å²) >= 11 is 0. The highest BCUT2D eigenvalue weighted by atomic mass is 15.3. The Balaban J connectivity index is 1.49. The van der Waals surface area contributed by atoms with E-state index in [2.05, 4.69) is 74.2 Å². The summed E-state index contributed by atoms with van der Waals surface area (Å²) in [6, 6.07) is 17.1. The number of guanidine groups is 1. The lowest BCUT2D eigenvalue weighted by Gasteiger charge is -2.17. The first-order valence-electron chi connectivity index (χ1n) is 8.90. The summed E-state index contributed by atoms with van der Waals surface area (Å²) in [5.74, 6) is 0.897. The largest absolute Gasteiger partial charge is 0.356 e. The van der Waals surface area contributed by atoms with Crippen LogP contribution in [0.2, 0.25) is 0 Å². The first-order chi connectivity index (χ1) is 12.9. The van der Waals surface area contributed by atoms with Gasteiger partial charge in [0.25, 0.3) is 0 Å². The van der Waals surface area contributed by atoms with Crippen LogP contribution in [0.1, 0.15) is 17.5 Å². The van der Waals surface area contributed by atoms with Crippen molar-refractivity contribution in [2.24, 2.45) is 4.99 Å². The molecule has 4 rings (SSSR count). The molecule has 1 aliphatic heterocycles. The number of benzene rings is 2. The fraction of sp³-hybridized carbons (Fsp3) is 0.250. The maximum Gasteiger partial charge on any atom is 0.191 e. The Hall–Kier alpha value is -3.15. The van der Waals surface area contributed by atoms with E-state index >= 15 is 0 Å². The minimum Gasteiger partial charge on any atom is -0.356 e. The van der Waals surface area contributed by atoms with Crippen LogP contribution >= 0.6 is 0 Å². The molecule has 3 aromatic rings. The van der Waals surface area contributed by atoms with Gasteiger partial charge in [0.15, 0.2) is 5.96 Å². The quantitative estimate of drug-likeness (QED) is 0.745. The third-order valence-electron chi connectivity index (χ3n) is 4.44. The van der Waals surface area contributed by atoms with Crippen LogP contribution in [0.25, 0.3) is 11.1 Å². The van der Waals surface area contributed by atoms with Crippen molar-refractivity contribution in [1.82, 2.24) is 25.4 Å². The zero-order valence-corrected chi connectivity index (χ0v) is 14.6. The van der Waals surface area contributed by atoms with Crippen LogP contribution in [0.15, 0.2) is 66.2 Å². The Bertz CT molecular complexity index is 868. The van der Waals surface area contributed by atoms with Gasteiger partial charge in [-0.25, -0.2) is 9.67 Å². The van der Waals surface area contributed by atoms with E-state index in [0.717, 1.165) is 38.6 Å². The van der Waals surface area contributed by atoms with E-state index in [1.165, 1.54) is 22.3 Å². The first-order valence-corrected chi connectivity index (χ1v) is 8.90. The minimum atomic E-state index is 0.731. The van der Waals surface area contributed by atoms with Gasteiger partial charge in [0, 0.05) is 19.6 Å². The van der Waals surface area contributed by atoms with Crippen molar-refractivity contribution in [3.63, 3.8) is 0 Å². The Morgan fingerprint density at radius 2 is 1.96 bits per heavy atom. The van der Waals surface area contributed by atoms with Gasteiger partial charge in [-0.05, 0) is 28.7 Å². The maximum absolute atomic E-state index is 4.48. The lowest BCUT2D eigenvalue weighted by Crippen LogP contribution is -2.40. The number of hydrogen-bond acceptors (Lipinski definition) is 5. The highest BCUT2D eigenvalue weighted by Crippen LogP contribution is 2.24. The van der Waals surface area contributed by atoms with E-state index in [4.69, 9.17) is 0 Å². The van der Waals surface area contributed by atoms with E-state index < -0.39 is 0 Å². The molecule has 2 N–H and O–H groups in total. The van der Waals surface area contributed by atoms with Gasteiger partial charge in [-0.3, -0.25) is 4.99 Å². The normalized spacial score (nSPS) is 13.8. The number of hydrogen-bond donors (Lipinski definition) is 2. The lowest BCUT2D eigenvalue weighted by atomic mass is 9.98. The Kier molecular flexibility index (Phi) is 4.91. The number of nitrogens with one attached hydrogen (secondary N) is 2. The summed E-state index contributed by atoms with van der Waals surface area (Å²) in [6.45, 7) is 3.36. The fourth-order valence-electron chi connectivity index (χ4n) is 3.08. The summed E-state index contributed by atoms with van der Waals surface area (Å²) in [4.78, 5) is 8.46. The first kappa shape index (κ1) is 16.3. The van der Waals surface area contributed by atoms with E-state index in [1.807, 2.05) is 4.68 Å². The second kappa shape index (κ2) is 7.82. The van der Waals surface area contributed by atoms with Crippen molar-refractivity contribution in [2.45, 2.75) is 19.5 Å². The average molecular weight is 346 g/mol. The molecule has 0 aliphatic carbocycles. The van der Waals surface area contributed by atoms with Crippen LogP contribution in [0.3, 0.4) is 0 Å². The second-order valence-corrected chi connectivity index (χ2v) is 6.31. The third-order valence-corrected chi connectivity index (χ3v) is 4.44. The van der Waals surface area contributed by atoms with Gasteiger partial charge in [0.1, 0.15) is 12.7 Å². The molecule has 1 aromatic heterocycles. The monoisotopic (exact) mass is 346 g/mol. The molecule has 0 unspecified atom stereocenters. The fourth-order valence-corrected chi connectivity index (χ4v) is 3.08. The predicted octanol–water partition coefficient (Wildman–Crippen LogP) is 2.43. The third kappa shape index (κ3) is 3.91. The predicted molar refractivity (Wildman–Crippen MR) is 103 cm³/mol. The van der Waals surface area contributed by atoms with Crippen LogP contribution in [-0.2, 0) is 13.1 Å². The van der Waals surface area contributed by atoms with Gasteiger partial charge in [-0.2, -0.15) is 5.10 Å². The van der Waals surface area contributed by atoms with E-state index in [1.54, 1.807) is 12.7 Å². The molecule has 0 saturated carbocycles. The number of nitrogens with zero attached hydrogens (tertiary/aromatic N) is 4. The van der Waals surface area contributed by atoms with Crippen molar-refractivity contribution in [3.8, 4) is 11.1 Å². The zero-order valence-electron chi connectivity index (χ0n) is 14.6. The summed E-state index contributed by atoms with van der Waals surface area (Å²) in [6.07, 6.45) is 4.39. The molecule has 26 heavy (non-hydrogen) atoms. The van der Waals surface area contributed by atoms with Crippen molar-refractivity contribution in [1.29, 1.82) is 0 Å². The average Bonchev–Trinajstić information content (AvgIpc) is 3.21. The number of aromatic nitrogens is 3. The van der Waals surface area contributed by atoms with Gasteiger partial charge in [-0.15, -0.1) is 0 Å². The molecule has 2 aromatic carbocycles. The minimum absolute atomic E-state index is 0.731. The van der Waals surface area contributed by atoms with Crippen molar-refractivity contribution < 1.29 is 0 Å². The molecule has 2 heterocycles. The van der Waals surface area contributed by atoms with E-state index in [9.17, 15) is 0 Å². The SMILES string of the molecule is c1ccc(-c2ccc(Cn3cncn3)cc2)c(CNC2=NCCCN2)c1. The van der Waals surface area contributed by atoms with Crippen LogP contribution in [-0.4, -0.2) is 33.8 Å². The molecule has 0 amide bonds. The Morgan fingerprint density at radius 1 is 1.08 bits per heavy atom. The van der Waals surface area contributed by atoms with Crippen molar-refractivity contribution >= 4 is 5.96 Å². The smallest absolute Gasteiger partial charge is 0.191 e. The Morgan fingerprint density at radius 3 is 2.73 bits per heavy atom. The summed E-state index contributed by atoms with van der Waals surface area (Å²) in [7, 11) is 0. The molecule has 6 heteroatoms.